The van der Waals surface area contributed by atoms with Crippen LogP contribution in [0.2, 0.25) is 0 Å². The average molecular weight is 1880 g/mol. The van der Waals surface area contributed by atoms with Crippen molar-refractivity contribution in [1.82, 2.24) is 10.6 Å². The van der Waals surface area contributed by atoms with E-state index in [1.165, 1.54) is 0 Å². The van der Waals surface area contributed by atoms with Crippen LogP contribution in [-0.4, -0.2) is 591 Å². The van der Waals surface area contributed by atoms with Gasteiger partial charge in [-0.05, 0) is 0 Å². The first kappa shape index (κ1) is 105. The predicted octanol–water partition coefficient (Wildman–Crippen LogP) is -24.7. The monoisotopic (exact) mass is 1880 g/mol. The van der Waals surface area contributed by atoms with E-state index in [1.54, 1.807) is 0 Å². The van der Waals surface area contributed by atoms with Gasteiger partial charge in [0.05, 0.1) is 72.7 Å². The van der Waals surface area contributed by atoms with Gasteiger partial charge >= 0.3 is 0 Å². The molecular formula is C70H118N2O56. The van der Waals surface area contributed by atoms with Crippen LogP contribution in [0.1, 0.15) is 13.8 Å². The molecule has 744 valence electrons. The van der Waals surface area contributed by atoms with Crippen molar-refractivity contribution in [2.45, 2.75) is 351 Å². The van der Waals surface area contributed by atoms with Gasteiger partial charge in [-0.3, -0.25) is 9.59 Å². The van der Waals surface area contributed by atoms with Crippen LogP contribution in [0, 0.1) is 0 Å². The second-order valence-electron chi connectivity index (χ2n) is 32.3. The molecule has 0 aliphatic carbocycles. The van der Waals surface area contributed by atoms with Gasteiger partial charge in [-0.1, -0.05) is 0 Å². The zero-order chi connectivity index (χ0) is 94.0. The van der Waals surface area contributed by atoms with Crippen molar-refractivity contribution >= 4 is 11.8 Å². The molecule has 11 fully saturated rings. The topological polar surface area (TPSA) is 920 Å². The Labute approximate surface area is 722 Å². The van der Waals surface area contributed by atoms with Crippen molar-refractivity contribution in [3.05, 3.63) is 0 Å². The lowest BCUT2D eigenvalue weighted by Crippen LogP contribution is -2.70. The molecule has 11 aliphatic rings. The summed E-state index contributed by atoms with van der Waals surface area (Å²) in [7, 11) is 0. The van der Waals surface area contributed by atoms with Gasteiger partial charge in [-0.15, -0.1) is 0 Å². The van der Waals surface area contributed by atoms with Crippen molar-refractivity contribution in [3.8, 4) is 0 Å². The maximum atomic E-state index is 12.9. The van der Waals surface area contributed by atoms with Gasteiger partial charge in [-0.25, -0.2) is 0 Å². The Bertz CT molecular complexity index is 3380. The van der Waals surface area contributed by atoms with Gasteiger partial charge in [0.1, 0.15) is 268 Å². The van der Waals surface area contributed by atoms with Crippen LogP contribution >= 0.6 is 0 Å². The first-order chi connectivity index (χ1) is 60.7. The van der Waals surface area contributed by atoms with E-state index in [0.29, 0.717) is 0 Å². The van der Waals surface area contributed by atoms with Crippen molar-refractivity contribution in [1.29, 1.82) is 0 Å². The van der Waals surface area contributed by atoms with E-state index in [4.69, 9.17) is 99.5 Å². The minimum Gasteiger partial charge on any atom is -0.394 e. The highest BCUT2D eigenvalue weighted by molar-refractivity contribution is 5.73. The summed E-state index contributed by atoms with van der Waals surface area (Å²) in [6.45, 7) is -10.7. The van der Waals surface area contributed by atoms with E-state index >= 15 is 0 Å². The zero-order valence-electron chi connectivity index (χ0n) is 67.7. The highest BCUT2D eigenvalue weighted by atomic mass is 16.8. The summed E-state index contributed by atoms with van der Waals surface area (Å²) in [5.74, 6) is -1.74. The molecule has 58 nitrogen and oxygen atoms in total. The number of ether oxygens (including phenoxy) is 21. The molecule has 2 amide bonds. The lowest BCUT2D eigenvalue weighted by Gasteiger charge is -2.51. The summed E-state index contributed by atoms with van der Waals surface area (Å²) in [5, 5.41) is 372. The lowest BCUT2D eigenvalue weighted by atomic mass is 9.94. The average Bonchev–Trinajstić information content (AvgIpc) is 0.769. The molecule has 11 heterocycles. The van der Waals surface area contributed by atoms with Crippen molar-refractivity contribution in [2.24, 2.45) is 0 Å². The molecule has 11 saturated heterocycles. The standard InChI is InChI=1S/C70H118N2O56/c1-14(82)71-27-38(93)52(23(10-80)110-60(27)107)121-61-28(72-15(2)83)39(94)53(24(11-81)118-61)122-66-51(106)55(123-64-48(103)41(96)30(85)17(4-74)112-64)37(92)26(120-66)13-109-63-50(105)54(36(91)25(119-63)12-108-62-47(102)40(95)29(84)16(3-73)111-62)124-67-57(44(99)33(88)19(6-76)114-67)126-69-59(46(101)35(90)21(8-78)116-69)128-70-58(45(100)34(89)22(9-79)117-70)127-68-56(43(98)32(87)20(7-77)115-68)125-65-49(104)42(97)31(86)18(5-75)113-65/h16-70,73-81,84-107H,3-13H2,1-2H3,(H,71,82)(H,72,83)/t16-,17-,18-,19-,20-,21-,22-,23-,24-,25-,26-,27-,28-,29-,30-,31-,32-,33-,34-,35-,36-,37-,38-,39-,40+,41+,42+,43+,44+,45+,46+,47+,48+,49+,50+,51+,52-,53-,54+,55+,56+,57+,58+,59+,60-,61+,62+,63+,64-,65-,66+,67-,68-,69-,70-/m1/s1. The predicted molar refractivity (Wildman–Crippen MR) is 386 cm³/mol. The molecule has 35 N–H and O–H groups in total. The summed E-state index contributed by atoms with van der Waals surface area (Å²) in [6, 6.07) is -3.58. The minimum absolute atomic E-state index is 0.796. The molecule has 0 radical (unpaired) electrons. The Balaban J connectivity index is 0.905. The van der Waals surface area contributed by atoms with Gasteiger partial charge in [0.15, 0.2) is 69.2 Å². The third-order valence-electron chi connectivity index (χ3n) is 23.8. The van der Waals surface area contributed by atoms with E-state index in [0.717, 1.165) is 13.8 Å². The summed E-state index contributed by atoms with van der Waals surface area (Å²) < 4.78 is 123. The van der Waals surface area contributed by atoms with Gasteiger partial charge in [0.2, 0.25) is 11.8 Å². The van der Waals surface area contributed by atoms with Crippen LogP contribution in [0.25, 0.3) is 0 Å². The second kappa shape index (κ2) is 45.8. The normalized spacial score (nSPS) is 51.7. The molecule has 55 atom stereocenters. The Morgan fingerprint density at radius 2 is 0.422 bits per heavy atom. The largest absolute Gasteiger partial charge is 0.394 e. The molecule has 0 unspecified atom stereocenters. The highest BCUT2D eigenvalue weighted by Crippen LogP contribution is 2.42. The van der Waals surface area contributed by atoms with E-state index in [2.05, 4.69) is 10.6 Å². The minimum atomic E-state index is -2.61. The Morgan fingerprint density at radius 1 is 0.203 bits per heavy atom. The fourth-order valence-corrected chi connectivity index (χ4v) is 16.5. The number of carbonyl (C=O) groups excluding carboxylic acids is 2. The molecule has 0 aromatic rings. The molecule has 0 aromatic carbocycles. The molecule has 128 heavy (non-hydrogen) atoms. The highest BCUT2D eigenvalue weighted by Gasteiger charge is 2.63. The lowest BCUT2D eigenvalue weighted by molar-refractivity contribution is -0.417. The van der Waals surface area contributed by atoms with Crippen LogP contribution < -0.4 is 10.6 Å². The Hall–Kier alpha value is -3.22. The number of nitrogens with one attached hydrogen (secondary N) is 2. The quantitative estimate of drug-likeness (QED) is 0.0290. The van der Waals surface area contributed by atoms with Gasteiger partial charge in [0.25, 0.3) is 0 Å². The number of aliphatic hydroxyl groups is 33. The van der Waals surface area contributed by atoms with Gasteiger partial charge < -0.3 is 279 Å². The molecule has 11 rings (SSSR count). The fourth-order valence-electron chi connectivity index (χ4n) is 16.5. The Kier molecular flexibility index (Phi) is 37.7. The maximum Gasteiger partial charge on any atom is 0.217 e. The summed E-state index contributed by atoms with van der Waals surface area (Å²) in [5.41, 5.74) is 0. The smallest absolute Gasteiger partial charge is 0.217 e. The number of hydrogen-bond donors (Lipinski definition) is 35. The van der Waals surface area contributed by atoms with E-state index in [-0.39, 0.29) is 0 Å². The Morgan fingerprint density at radius 3 is 0.766 bits per heavy atom. The second-order valence-corrected chi connectivity index (χ2v) is 32.3. The third kappa shape index (κ3) is 22.5. The summed E-state index contributed by atoms with van der Waals surface area (Å²) >= 11 is 0. The van der Waals surface area contributed by atoms with Crippen molar-refractivity contribution in [3.63, 3.8) is 0 Å². The number of hydrogen-bond acceptors (Lipinski definition) is 56. The number of carbonyl (C=O) groups is 2. The molecule has 0 bridgehead atoms. The molecule has 0 spiro atoms. The molecule has 58 heteroatoms. The SMILES string of the molecule is CC(=O)N[C@@H]1[C@@H](O)[C@H](O[C@@H]2O[C@H](CO)[C@@H](O[C@@H]3O[C@H](CO[C@H]4O[C@H](CO[C@H]5O[C@H](CO)[C@@H](O)[C@H](O)[C@@H]5O)[C@@H](O)[C@H](O[C@H]5O[C@H](CO)[C@@H](O)[C@H](O)[C@@H]5O[C@H]5O[C@H](CO)[C@@H](O)[C@H](O)[C@@H]5O[C@H]5O[C@H](CO)[C@@H](O)[C@H](O)[C@@H]5O[C@H]5O[C@H](CO)[C@@H](O)[C@H](O)[C@@H]5O[C@H]5O[C@H](CO)[C@@H](O)[C@H](O)[C@@H]5O)[C@@H]4O)[C@@H](O)[C@H](O[C@H]4O[C@H](CO)[C@@H](O)[C@H](O)[C@@H]4O)[C@@H]3O)[C@H](O)[C@H]2NC(C)=O)[C@@H](CO)O[C@H]1O. The van der Waals surface area contributed by atoms with E-state index in [1.807, 2.05) is 0 Å². The van der Waals surface area contributed by atoms with Crippen molar-refractivity contribution in [2.75, 3.05) is 72.7 Å². The first-order valence-electron chi connectivity index (χ1n) is 40.7. The van der Waals surface area contributed by atoms with E-state index < -0.39 is 422 Å². The van der Waals surface area contributed by atoms with E-state index in [9.17, 15) is 178 Å². The number of rotatable bonds is 33. The van der Waals surface area contributed by atoms with Crippen LogP contribution in [0.3, 0.4) is 0 Å². The number of amides is 2. The van der Waals surface area contributed by atoms with Gasteiger partial charge in [-0.2, -0.15) is 0 Å². The first-order valence-corrected chi connectivity index (χ1v) is 40.7. The van der Waals surface area contributed by atoms with Crippen LogP contribution in [0.15, 0.2) is 0 Å². The molecular weight excluding hydrogens is 1760 g/mol. The molecule has 11 aliphatic heterocycles. The number of aliphatic hydroxyl groups excluding tert-OH is 33. The fraction of sp³-hybridized carbons (Fsp3) is 0.971. The van der Waals surface area contributed by atoms with Crippen molar-refractivity contribution < 1.29 is 278 Å². The molecule has 0 saturated carbocycles. The van der Waals surface area contributed by atoms with Gasteiger partial charge in [0, 0.05) is 13.8 Å². The summed E-state index contributed by atoms with van der Waals surface area (Å²) in [4.78, 5) is 25.1. The molecule has 0 aromatic heterocycles. The van der Waals surface area contributed by atoms with Crippen LogP contribution in [0.5, 0.6) is 0 Å². The summed E-state index contributed by atoms with van der Waals surface area (Å²) in [6.07, 6.45) is -117. The third-order valence-corrected chi connectivity index (χ3v) is 23.8. The zero-order valence-corrected chi connectivity index (χ0v) is 67.7. The van der Waals surface area contributed by atoms with Crippen LogP contribution in [-0.2, 0) is 109 Å². The van der Waals surface area contributed by atoms with Crippen LogP contribution in [0.4, 0.5) is 0 Å². The maximum absolute atomic E-state index is 12.9.